The van der Waals surface area contributed by atoms with E-state index >= 15 is 0 Å². The van der Waals surface area contributed by atoms with E-state index in [2.05, 4.69) is 6.92 Å². The van der Waals surface area contributed by atoms with Gasteiger partial charge in [-0.1, -0.05) is 6.92 Å². The van der Waals surface area contributed by atoms with Crippen molar-refractivity contribution in [3.8, 4) is 0 Å². The van der Waals surface area contributed by atoms with E-state index in [0.717, 1.165) is 42.1 Å². The molecule has 4 heteroatoms. The number of nitrogen functional groups attached to an aromatic ring is 1. The normalized spacial score (nSPS) is 19.9. The van der Waals surface area contributed by atoms with Gasteiger partial charge in [0.05, 0.1) is 0 Å². The lowest BCUT2D eigenvalue weighted by molar-refractivity contribution is 0.0761. The highest BCUT2D eigenvalue weighted by Crippen LogP contribution is 2.23. The molecule has 1 aromatic rings. The van der Waals surface area contributed by atoms with Gasteiger partial charge in [0.2, 0.25) is 0 Å². The molecule has 98 valence electrons. The summed E-state index contributed by atoms with van der Waals surface area (Å²) in [5, 5.41) is 0.581. The summed E-state index contributed by atoms with van der Waals surface area (Å²) in [6, 6.07) is 5.53. The summed E-state index contributed by atoms with van der Waals surface area (Å²) < 4.78 is 0. The maximum absolute atomic E-state index is 12.4. The van der Waals surface area contributed by atoms with Crippen LogP contribution in [0.2, 0.25) is 0 Å². The predicted molar refractivity (Wildman–Crippen MR) is 78.0 cm³/mol. The number of carbonyl (C=O) groups excluding carboxylic acids is 1. The van der Waals surface area contributed by atoms with Gasteiger partial charge in [-0.15, -0.1) is 0 Å². The summed E-state index contributed by atoms with van der Waals surface area (Å²) in [6.45, 7) is 5.83. The Bertz CT molecular complexity index is 447. The zero-order valence-electron chi connectivity index (χ0n) is 11.0. The van der Waals surface area contributed by atoms with Gasteiger partial charge in [-0.25, -0.2) is 0 Å². The summed E-state index contributed by atoms with van der Waals surface area (Å²) in [5.41, 5.74) is 8.25. The first-order valence-corrected chi connectivity index (χ1v) is 7.43. The lowest BCUT2D eigenvalue weighted by Crippen LogP contribution is -2.41. The van der Waals surface area contributed by atoms with E-state index < -0.39 is 0 Å². The largest absolute Gasteiger partial charge is 0.399 e. The summed E-state index contributed by atoms with van der Waals surface area (Å²) >= 11 is 1.97. The topological polar surface area (TPSA) is 46.3 Å². The molecule has 0 spiro atoms. The van der Waals surface area contributed by atoms with E-state index in [1.807, 2.05) is 41.8 Å². The van der Waals surface area contributed by atoms with Gasteiger partial charge in [-0.05, 0) is 37.1 Å². The average molecular weight is 264 g/mol. The lowest BCUT2D eigenvalue weighted by Gasteiger charge is -2.32. The molecule has 0 bridgehead atoms. The molecule has 0 aromatic heterocycles. The first-order valence-electron chi connectivity index (χ1n) is 6.38. The molecule has 1 saturated heterocycles. The molecule has 2 N–H and O–H groups in total. The van der Waals surface area contributed by atoms with Gasteiger partial charge in [-0.2, -0.15) is 11.8 Å². The Kier molecular flexibility index (Phi) is 4.17. The van der Waals surface area contributed by atoms with Crippen molar-refractivity contribution in [2.24, 2.45) is 0 Å². The van der Waals surface area contributed by atoms with Gasteiger partial charge in [-0.3, -0.25) is 4.79 Å². The zero-order chi connectivity index (χ0) is 13.1. The van der Waals surface area contributed by atoms with Gasteiger partial charge in [0.15, 0.2) is 0 Å². The molecule has 0 radical (unpaired) electrons. The monoisotopic (exact) mass is 264 g/mol. The van der Waals surface area contributed by atoms with Crippen LogP contribution >= 0.6 is 11.8 Å². The standard InChI is InChI=1S/C14H20N2OS/c1-3-12-9-16(6-7-18-12)14(17)11-4-5-13(15)10(2)8-11/h4-5,8,12H,3,6-7,9,15H2,1-2H3. The van der Waals surface area contributed by atoms with E-state index in [1.165, 1.54) is 0 Å². The minimum absolute atomic E-state index is 0.136. The number of hydrogen-bond donors (Lipinski definition) is 1. The summed E-state index contributed by atoms with van der Waals surface area (Å²) in [4.78, 5) is 14.4. The molecular weight excluding hydrogens is 244 g/mol. The van der Waals surface area contributed by atoms with Crippen LogP contribution in [-0.2, 0) is 0 Å². The number of nitrogens with two attached hydrogens (primary N) is 1. The van der Waals surface area contributed by atoms with Gasteiger partial charge in [0, 0.05) is 35.3 Å². The first kappa shape index (κ1) is 13.3. The number of hydrogen-bond acceptors (Lipinski definition) is 3. The number of thioether (sulfide) groups is 1. The molecule has 1 heterocycles. The Balaban J connectivity index is 2.12. The third-order valence-electron chi connectivity index (χ3n) is 3.40. The molecule has 0 aliphatic carbocycles. The second-order valence-electron chi connectivity index (χ2n) is 4.72. The maximum Gasteiger partial charge on any atom is 0.253 e. The minimum Gasteiger partial charge on any atom is -0.399 e. The van der Waals surface area contributed by atoms with Crippen molar-refractivity contribution in [3.63, 3.8) is 0 Å². The average Bonchev–Trinajstić information content (AvgIpc) is 2.41. The molecule has 1 amide bonds. The van der Waals surface area contributed by atoms with Crippen molar-refractivity contribution in [2.75, 3.05) is 24.6 Å². The Morgan fingerprint density at radius 2 is 2.33 bits per heavy atom. The zero-order valence-corrected chi connectivity index (χ0v) is 11.8. The molecule has 1 aromatic carbocycles. The fourth-order valence-electron chi connectivity index (χ4n) is 2.14. The molecule has 3 nitrogen and oxygen atoms in total. The fraction of sp³-hybridized carbons (Fsp3) is 0.500. The molecule has 0 saturated carbocycles. The number of nitrogens with zero attached hydrogens (tertiary/aromatic N) is 1. The Morgan fingerprint density at radius 1 is 1.56 bits per heavy atom. The van der Waals surface area contributed by atoms with E-state index in [1.54, 1.807) is 0 Å². The summed E-state index contributed by atoms with van der Waals surface area (Å²) in [7, 11) is 0. The van der Waals surface area contributed by atoms with Crippen LogP contribution in [0.25, 0.3) is 0 Å². The number of benzene rings is 1. The highest BCUT2D eigenvalue weighted by Gasteiger charge is 2.23. The van der Waals surface area contributed by atoms with Crippen LogP contribution in [0.4, 0.5) is 5.69 Å². The molecule has 2 rings (SSSR count). The Morgan fingerprint density at radius 3 is 3.00 bits per heavy atom. The number of amides is 1. The van der Waals surface area contributed by atoms with Crippen molar-refractivity contribution in [1.82, 2.24) is 4.90 Å². The van der Waals surface area contributed by atoms with Crippen molar-refractivity contribution in [3.05, 3.63) is 29.3 Å². The third kappa shape index (κ3) is 2.80. The van der Waals surface area contributed by atoms with Gasteiger partial charge in [0.1, 0.15) is 0 Å². The number of rotatable bonds is 2. The molecule has 1 aliphatic rings. The smallest absolute Gasteiger partial charge is 0.253 e. The van der Waals surface area contributed by atoms with E-state index in [0.29, 0.717) is 5.25 Å². The second kappa shape index (κ2) is 5.65. The first-order chi connectivity index (χ1) is 8.61. The minimum atomic E-state index is 0.136. The summed E-state index contributed by atoms with van der Waals surface area (Å²) in [6.07, 6.45) is 1.12. The SMILES string of the molecule is CCC1CN(C(=O)c2ccc(N)c(C)c2)CCS1. The molecule has 1 unspecified atom stereocenters. The molecule has 1 aliphatic heterocycles. The Hall–Kier alpha value is -1.16. The quantitative estimate of drug-likeness (QED) is 0.835. The highest BCUT2D eigenvalue weighted by molar-refractivity contribution is 8.00. The fourth-order valence-corrected chi connectivity index (χ4v) is 3.32. The number of carbonyl (C=O) groups is 1. The second-order valence-corrected chi connectivity index (χ2v) is 6.13. The molecule has 1 atom stereocenters. The van der Waals surface area contributed by atoms with Crippen LogP contribution < -0.4 is 5.73 Å². The van der Waals surface area contributed by atoms with Crippen LogP contribution in [0.5, 0.6) is 0 Å². The third-order valence-corrected chi connectivity index (χ3v) is 4.77. The lowest BCUT2D eigenvalue weighted by atomic mass is 10.1. The molecule has 1 fully saturated rings. The summed E-state index contributed by atoms with van der Waals surface area (Å²) in [5.74, 6) is 1.18. The van der Waals surface area contributed by atoms with E-state index in [9.17, 15) is 4.79 Å². The van der Waals surface area contributed by atoms with Crippen molar-refractivity contribution >= 4 is 23.4 Å². The van der Waals surface area contributed by atoms with Crippen molar-refractivity contribution < 1.29 is 4.79 Å². The predicted octanol–water partition coefficient (Wildman–Crippen LogP) is 2.54. The van der Waals surface area contributed by atoms with Gasteiger partial charge < -0.3 is 10.6 Å². The van der Waals surface area contributed by atoms with Crippen molar-refractivity contribution in [1.29, 1.82) is 0 Å². The highest BCUT2D eigenvalue weighted by atomic mass is 32.2. The van der Waals surface area contributed by atoms with Crippen LogP contribution in [-0.4, -0.2) is 34.9 Å². The maximum atomic E-state index is 12.4. The van der Waals surface area contributed by atoms with Gasteiger partial charge in [0.25, 0.3) is 5.91 Å². The van der Waals surface area contributed by atoms with E-state index in [4.69, 9.17) is 5.73 Å². The van der Waals surface area contributed by atoms with Crippen molar-refractivity contribution in [2.45, 2.75) is 25.5 Å². The van der Waals surface area contributed by atoms with Crippen LogP contribution in [0.3, 0.4) is 0 Å². The number of aryl methyl sites for hydroxylation is 1. The molecule has 18 heavy (non-hydrogen) atoms. The molecular formula is C14H20N2OS. The van der Waals surface area contributed by atoms with Crippen LogP contribution in [0.1, 0.15) is 29.3 Å². The van der Waals surface area contributed by atoms with Crippen LogP contribution in [0, 0.1) is 6.92 Å². The number of anilines is 1. The van der Waals surface area contributed by atoms with Crippen LogP contribution in [0.15, 0.2) is 18.2 Å². The van der Waals surface area contributed by atoms with Gasteiger partial charge >= 0.3 is 0 Å². The Labute approximate surface area is 113 Å². The van der Waals surface area contributed by atoms with E-state index in [-0.39, 0.29) is 5.91 Å².